The summed E-state index contributed by atoms with van der Waals surface area (Å²) < 4.78 is 0. The molecular formula is C15H17N3O3. The van der Waals surface area contributed by atoms with Crippen LogP contribution in [0.25, 0.3) is 0 Å². The summed E-state index contributed by atoms with van der Waals surface area (Å²) in [5, 5.41) is 4.96. The minimum Gasteiger partial charge on any atom is -0.366 e. The Morgan fingerprint density at radius 2 is 2.10 bits per heavy atom. The number of fused-ring (bicyclic) bond motifs is 2. The van der Waals surface area contributed by atoms with Crippen LogP contribution in [0.1, 0.15) is 12.8 Å². The maximum Gasteiger partial charge on any atom is 0.313 e. The van der Waals surface area contributed by atoms with E-state index >= 15 is 0 Å². The Balaban J connectivity index is 1.51. The monoisotopic (exact) mass is 287 g/mol. The Morgan fingerprint density at radius 3 is 2.76 bits per heavy atom. The molecule has 3 rings (SSSR count). The number of aromatic nitrogens is 1. The van der Waals surface area contributed by atoms with Crippen LogP contribution in [0.4, 0.5) is 5.69 Å². The van der Waals surface area contributed by atoms with Crippen LogP contribution in [0.5, 0.6) is 0 Å². The van der Waals surface area contributed by atoms with Gasteiger partial charge < -0.3 is 15.6 Å². The standard InChI is InChI=1S/C15H17N3O3/c19-13-3-4-16-8-12(13)18-15(21)14(20)17-7-11-6-9-1-2-10(11)5-9/h1-4,8-11H,5-7H2,(H,16,19)(H,17,20)(H,18,21)/t9-,10+,11+/m1/s1. The van der Waals surface area contributed by atoms with Crippen LogP contribution >= 0.6 is 0 Å². The van der Waals surface area contributed by atoms with Crippen LogP contribution in [0.2, 0.25) is 0 Å². The van der Waals surface area contributed by atoms with E-state index in [9.17, 15) is 14.4 Å². The van der Waals surface area contributed by atoms with Crippen molar-refractivity contribution < 1.29 is 9.59 Å². The minimum atomic E-state index is -0.814. The lowest BCUT2D eigenvalue weighted by molar-refractivity contribution is -0.136. The van der Waals surface area contributed by atoms with Gasteiger partial charge in [0.05, 0.1) is 0 Å². The summed E-state index contributed by atoms with van der Waals surface area (Å²) in [5.41, 5.74) is -0.270. The number of allylic oxidation sites excluding steroid dienone is 2. The summed E-state index contributed by atoms with van der Waals surface area (Å²) >= 11 is 0. The van der Waals surface area contributed by atoms with Gasteiger partial charge in [-0.15, -0.1) is 0 Å². The maximum atomic E-state index is 11.8. The van der Waals surface area contributed by atoms with Crippen molar-refractivity contribution >= 4 is 17.5 Å². The molecule has 1 saturated carbocycles. The van der Waals surface area contributed by atoms with E-state index < -0.39 is 11.8 Å². The van der Waals surface area contributed by atoms with Crippen LogP contribution in [0.3, 0.4) is 0 Å². The van der Waals surface area contributed by atoms with Gasteiger partial charge in [-0.25, -0.2) is 0 Å². The molecule has 6 heteroatoms. The number of aromatic amines is 1. The van der Waals surface area contributed by atoms with Crippen molar-refractivity contribution in [2.45, 2.75) is 12.8 Å². The van der Waals surface area contributed by atoms with Crippen molar-refractivity contribution in [2.75, 3.05) is 11.9 Å². The molecule has 21 heavy (non-hydrogen) atoms. The van der Waals surface area contributed by atoms with Gasteiger partial charge in [-0.05, 0) is 30.6 Å². The Kier molecular flexibility index (Phi) is 3.60. The first-order valence-corrected chi connectivity index (χ1v) is 7.08. The fourth-order valence-electron chi connectivity index (χ4n) is 3.13. The predicted octanol–water partition coefficient (Wildman–Crippen LogP) is 0.642. The van der Waals surface area contributed by atoms with Gasteiger partial charge in [0, 0.05) is 25.0 Å². The number of rotatable bonds is 3. The highest BCUT2D eigenvalue weighted by molar-refractivity contribution is 6.39. The molecule has 0 radical (unpaired) electrons. The number of hydrogen-bond acceptors (Lipinski definition) is 3. The van der Waals surface area contributed by atoms with Crippen LogP contribution in [-0.2, 0) is 9.59 Å². The zero-order chi connectivity index (χ0) is 14.8. The zero-order valence-corrected chi connectivity index (χ0v) is 11.5. The second kappa shape index (κ2) is 5.55. The number of carbonyl (C=O) groups is 2. The summed E-state index contributed by atoms with van der Waals surface area (Å²) in [7, 11) is 0. The normalized spacial score (nSPS) is 25.8. The van der Waals surface area contributed by atoms with Gasteiger partial charge >= 0.3 is 11.8 Å². The van der Waals surface area contributed by atoms with E-state index in [4.69, 9.17) is 0 Å². The fraction of sp³-hybridized carbons (Fsp3) is 0.400. The Bertz CT molecular complexity index is 650. The Labute approximate surface area is 121 Å². The molecule has 2 amide bonds. The van der Waals surface area contributed by atoms with Gasteiger partial charge in [0.15, 0.2) is 0 Å². The second-order valence-corrected chi connectivity index (χ2v) is 5.63. The molecule has 110 valence electrons. The second-order valence-electron chi connectivity index (χ2n) is 5.63. The molecule has 6 nitrogen and oxygen atoms in total. The molecule has 3 N–H and O–H groups in total. The lowest BCUT2D eigenvalue weighted by atomic mass is 9.94. The predicted molar refractivity (Wildman–Crippen MR) is 77.5 cm³/mol. The first kappa shape index (κ1) is 13.6. The molecule has 1 heterocycles. The molecule has 1 aromatic heterocycles. The van der Waals surface area contributed by atoms with E-state index in [1.165, 1.54) is 18.5 Å². The van der Waals surface area contributed by atoms with Crippen molar-refractivity contribution in [3.63, 3.8) is 0 Å². The topological polar surface area (TPSA) is 91.1 Å². The van der Waals surface area contributed by atoms with Crippen molar-refractivity contribution in [1.29, 1.82) is 0 Å². The summed E-state index contributed by atoms with van der Waals surface area (Å²) in [5.74, 6) is 0.0521. The van der Waals surface area contributed by atoms with Crippen molar-refractivity contribution in [3.8, 4) is 0 Å². The Hall–Kier alpha value is -2.37. The molecule has 0 aromatic carbocycles. The maximum absolute atomic E-state index is 11.8. The van der Waals surface area contributed by atoms with Crippen LogP contribution in [-0.4, -0.2) is 23.3 Å². The van der Waals surface area contributed by atoms with Gasteiger partial charge in [-0.2, -0.15) is 0 Å². The van der Waals surface area contributed by atoms with E-state index in [0.29, 0.717) is 24.3 Å². The largest absolute Gasteiger partial charge is 0.366 e. The summed E-state index contributed by atoms with van der Waals surface area (Å²) in [4.78, 5) is 37.7. The zero-order valence-electron chi connectivity index (χ0n) is 11.5. The molecule has 0 unspecified atom stereocenters. The molecule has 0 spiro atoms. The highest BCUT2D eigenvalue weighted by atomic mass is 16.2. The van der Waals surface area contributed by atoms with E-state index in [0.717, 1.165) is 12.8 Å². The number of carbonyl (C=O) groups excluding carboxylic acids is 2. The van der Waals surface area contributed by atoms with E-state index in [1.54, 1.807) is 0 Å². The van der Waals surface area contributed by atoms with Gasteiger partial charge in [0.1, 0.15) is 5.69 Å². The molecule has 0 aliphatic heterocycles. The summed E-state index contributed by atoms with van der Waals surface area (Å²) in [6.45, 7) is 0.503. The first-order valence-electron chi connectivity index (χ1n) is 7.08. The molecule has 0 saturated heterocycles. The lowest BCUT2D eigenvalue weighted by Crippen LogP contribution is -2.39. The van der Waals surface area contributed by atoms with Gasteiger partial charge in [0.2, 0.25) is 5.43 Å². The van der Waals surface area contributed by atoms with Crippen molar-refractivity contribution in [3.05, 3.63) is 40.8 Å². The van der Waals surface area contributed by atoms with E-state index in [2.05, 4.69) is 27.8 Å². The van der Waals surface area contributed by atoms with Crippen LogP contribution in [0, 0.1) is 17.8 Å². The van der Waals surface area contributed by atoms with Gasteiger partial charge in [0.25, 0.3) is 0 Å². The number of H-pyrrole nitrogens is 1. The molecule has 3 atom stereocenters. The highest BCUT2D eigenvalue weighted by Gasteiger charge is 2.35. The molecule has 2 aliphatic carbocycles. The number of anilines is 1. The third-order valence-electron chi connectivity index (χ3n) is 4.22. The molecule has 2 aliphatic rings. The van der Waals surface area contributed by atoms with Crippen molar-refractivity contribution in [1.82, 2.24) is 10.3 Å². The third-order valence-corrected chi connectivity index (χ3v) is 4.22. The summed E-state index contributed by atoms with van der Waals surface area (Å²) in [6.07, 6.45) is 9.48. The lowest BCUT2D eigenvalue weighted by Gasteiger charge is -2.18. The van der Waals surface area contributed by atoms with Crippen LogP contribution in [0.15, 0.2) is 35.4 Å². The molecular weight excluding hydrogens is 270 g/mol. The number of hydrogen-bond donors (Lipinski definition) is 3. The highest BCUT2D eigenvalue weighted by Crippen LogP contribution is 2.42. The average Bonchev–Trinajstić information content (AvgIpc) is 3.09. The minimum absolute atomic E-state index is 0.0699. The van der Waals surface area contributed by atoms with Crippen LogP contribution < -0.4 is 16.1 Å². The van der Waals surface area contributed by atoms with Crippen molar-refractivity contribution in [2.24, 2.45) is 17.8 Å². The Morgan fingerprint density at radius 1 is 1.24 bits per heavy atom. The van der Waals surface area contributed by atoms with E-state index in [1.807, 2.05) is 0 Å². The molecule has 1 fully saturated rings. The summed E-state index contributed by atoms with van der Waals surface area (Å²) in [6, 6.07) is 1.29. The van der Waals surface area contributed by atoms with Gasteiger partial charge in [-0.1, -0.05) is 12.2 Å². The SMILES string of the molecule is O=C(NC[C@@H]1C[C@@H]2C=C[C@H]1C2)C(=O)Nc1c[nH]ccc1=O. The smallest absolute Gasteiger partial charge is 0.313 e. The fourth-order valence-corrected chi connectivity index (χ4v) is 3.13. The third kappa shape index (κ3) is 2.89. The quantitative estimate of drug-likeness (QED) is 0.563. The van der Waals surface area contributed by atoms with Gasteiger partial charge in [-0.3, -0.25) is 14.4 Å². The van der Waals surface area contributed by atoms with E-state index in [-0.39, 0.29) is 11.1 Å². The first-order chi connectivity index (χ1) is 10.1. The molecule has 1 aromatic rings. The number of nitrogens with one attached hydrogen (secondary N) is 3. The number of amides is 2. The average molecular weight is 287 g/mol. The number of pyridine rings is 1. The molecule has 2 bridgehead atoms.